The van der Waals surface area contributed by atoms with Crippen LogP contribution in [0.4, 0.5) is 11.6 Å². The molecule has 0 radical (unpaired) electrons. The van der Waals surface area contributed by atoms with Gasteiger partial charge in [-0.1, -0.05) is 12.1 Å². The first kappa shape index (κ1) is 19.7. The standard InChI is InChI=1S/C22H24N6O3/c23-22-27-18-6-5-17(26-19(18)21(28-22)31-16-8-10-30-12-16)13-1-3-15(4-2-13)25-20(29)14-7-9-24-11-14/h1-6,14,16,24H,7-12H2,(H,25,29)(H2,23,27,28). The highest BCUT2D eigenvalue weighted by atomic mass is 16.5. The zero-order chi connectivity index (χ0) is 21.2. The summed E-state index contributed by atoms with van der Waals surface area (Å²) in [5.41, 5.74) is 9.47. The molecule has 0 aliphatic carbocycles. The number of nitrogens with zero attached hydrogens (tertiary/aromatic N) is 3. The molecule has 9 heteroatoms. The van der Waals surface area contributed by atoms with Gasteiger partial charge < -0.3 is 25.8 Å². The lowest BCUT2D eigenvalue weighted by atomic mass is 10.1. The van der Waals surface area contributed by atoms with E-state index in [9.17, 15) is 4.79 Å². The molecule has 31 heavy (non-hydrogen) atoms. The van der Waals surface area contributed by atoms with Crippen molar-refractivity contribution in [3.63, 3.8) is 0 Å². The summed E-state index contributed by atoms with van der Waals surface area (Å²) in [6.45, 7) is 2.81. The van der Waals surface area contributed by atoms with Gasteiger partial charge in [-0.3, -0.25) is 4.79 Å². The molecule has 2 atom stereocenters. The van der Waals surface area contributed by atoms with Gasteiger partial charge in [-0.05, 0) is 37.2 Å². The van der Waals surface area contributed by atoms with Crippen LogP contribution in [0.2, 0.25) is 0 Å². The molecule has 2 aromatic heterocycles. The van der Waals surface area contributed by atoms with Crippen LogP contribution in [0.5, 0.6) is 5.88 Å². The maximum Gasteiger partial charge on any atom is 0.245 e. The lowest BCUT2D eigenvalue weighted by molar-refractivity contribution is -0.119. The van der Waals surface area contributed by atoms with Crippen molar-refractivity contribution in [1.82, 2.24) is 20.3 Å². The third kappa shape index (κ3) is 4.28. The molecular formula is C22H24N6O3. The van der Waals surface area contributed by atoms with Crippen LogP contribution < -0.4 is 21.1 Å². The molecule has 0 saturated carbocycles. The number of amides is 1. The largest absolute Gasteiger partial charge is 0.470 e. The highest BCUT2D eigenvalue weighted by Gasteiger charge is 2.23. The number of hydrogen-bond acceptors (Lipinski definition) is 8. The summed E-state index contributed by atoms with van der Waals surface area (Å²) in [5, 5.41) is 6.19. The first-order chi connectivity index (χ1) is 15.2. The van der Waals surface area contributed by atoms with Gasteiger partial charge >= 0.3 is 0 Å². The Morgan fingerprint density at radius 3 is 2.74 bits per heavy atom. The summed E-state index contributed by atoms with van der Waals surface area (Å²) in [6.07, 6.45) is 1.60. The number of rotatable bonds is 5. The number of pyridine rings is 1. The number of nitrogens with one attached hydrogen (secondary N) is 2. The molecule has 1 aromatic carbocycles. The molecule has 2 fully saturated rings. The van der Waals surface area contributed by atoms with E-state index >= 15 is 0 Å². The van der Waals surface area contributed by atoms with E-state index in [0.717, 1.165) is 42.9 Å². The Hall–Kier alpha value is -3.30. The van der Waals surface area contributed by atoms with Gasteiger partial charge in [0, 0.05) is 24.2 Å². The average molecular weight is 420 g/mol. The zero-order valence-electron chi connectivity index (χ0n) is 17.0. The maximum absolute atomic E-state index is 12.3. The summed E-state index contributed by atoms with van der Waals surface area (Å²) >= 11 is 0. The van der Waals surface area contributed by atoms with Gasteiger partial charge in [-0.15, -0.1) is 0 Å². The third-order valence-electron chi connectivity index (χ3n) is 5.57. The zero-order valence-corrected chi connectivity index (χ0v) is 17.0. The molecular weight excluding hydrogens is 396 g/mol. The van der Waals surface area contributed by atoms with Crippen LogP contribution in [0.1, 0.15) is 12.8 Å². The van der Waals surface area contributed by atoms with Crippen molar-refractivity contribution in [2.24, 2.45) is 5.92 Å². The van der Waals surface area contributed by atoms with Crippen LogP contribution in [0.3, 0.4) is 0 Å². The van der Waals surface area contributed by atoms with E-state index in [1.165, 1.54) is 0 Å². The minimum Gasteiger partial charge on any atom is -0.470 e. The van der Waals surface area contributed by atoms with E-state index < -0.39 is 0 Å². The number of benzene rings is 1. The molecule has 2 aliphatic heterocycles. The topological polar surface area (TPSA) is 124 Å². The van der Waals surface area contributed by atoms with Crippen LogP contribution in [0.15, 0.2) is 36.4 Å². The van der Waals surface area contributed by atoms with E-state index in [1.807, 2.05) is 36.4 Å². The van der Waals surface area contributed by atoms with Gasteiger partial charge in [0.05, 0.1) is 30.3 Å². The fraction of sp³-hybridized carbons (Fsp3) is 0.364. The van der Waals surface area contributed by atoms with Crippen LogP contribution in [-0.4, -0.2) is 53.3 Å². The molecule has 4 heterocycles. The highest BCUT2D eigenvalue weighted by Crippen LogP contribution is 2.28. The molecule has 2 aliphatic rings. The van der Waals surface area contributed by atoms with Crippen molar-refractivity contribution in [3.05, 3.63) is 36.4 Å². The number of fused-ring (bicyclic) bond motifs is 1. The van der Waals surface area contributed by atoms with Crippen molar-refractivity contribution in [1.29, 1.82) is 0 Å². The highest BCUT2D eigenvalue weighted by molar-refractivity contribution is 5.93. The number of hydrogen-bond donors (Lipinski definition) is 3. The van der Waals surface area contributed by atoms with Crippen LogP contribution in [0, 0.1) is 5.92 Å². The number of anilines is 2. The molecule has 160 valence electrons. The van der Waals surface area contributed by atoms with Crippen molar-refractivity contribution in [2.45, 2.75) is 18.9 Å². The Balaban J connectivity index is 1.39. The fourth-order valence-corrected chi connectivity index (χ4v) is 3.86. The van der Waals surface area contributed by atoms with Gasteiger partial charge in [0.15, 0.2) is 5.52 Å². The number of aromatic nitrogens is 3. The second-order valence-electron chi connectivity index (χ2n) is 7.81. The van der Waals surface area contributed by atoms with Crippen LogP contribution >= 0.6 is 0 Å². The minimum absolute atomic E-state index is 0.0259. The summed E-state index contributed by atoms with van der Waals surface area (Å²) in [5.74, 6) is 0.592. The Kier molecular flexibility index (Phi) is 5.35. The SMILES string of the molecule is Nc1nc(OC2CCOC2)c2nc(-c3ccc(NC(=O)C4CCNC4)cc3)ccc2n1. The second kappa shape index (κ2) is 8.44. The number of nitrogen functional groups attached to an aromatic ring is 1. The minimum atomic E-state index is -0.0686. The molecule has 0 bridgehead atoms. The summed E-state index contributed by atoms with van der Waals surface area (Å²) in [7, 11) is 0. The van der Waals surface area contributed by atoms with Crippen molar-refractivity contribution >= 4 is 28.6 Å². The quantitative estimate of drug-likeness (QED) is 0.572. The summed E-state index contributed by atoms with van der Waals surface area (Å²) < 4.78 is 11.4. The molecule has 2 saturated heterocycles. The molecule has 0 spiro atoms. The van der Waals surface area contributed by atoms with Crippen LogP contribution in [0.25, 0.3) is 22.3 Å². The monoisotopic (exact) mass is 420 g/mol. The third-order valence-corrected chi connectivity index (χ3v) is 5.57. The molecule has 4 N–H and O–H groups in total. The maximum atomic E-state index is 12.3. The van der Waals surface area contributed by atoms with Crippen molar-refractivity contribution in [2.75, 3.05) is 37.4 Å². The van der Waals surface area contributed by atoms with Gasteiger partial charge in [-0.25, -0.2) is 9.97 Å². The van der Waals surface area contributed by atoms with Gasteiger partial charge in [0.1, 0.15) is 6.10 Å². The van der Waals surface area contributed by atoms with Gasteiger partial charge in [-0.2, -0.15) is 4.98 Å². The Bertz CT molecular complexity index is 1090. The van der Waals surface area contributed by atoms with Gasteiger partial charge in [0.25, 0.3) is 0 Å². The Morgan fingerprint density at radius 2 is 2.00 bits per heavy atom. The predicted molar refractivity (Wildman–Crippen MR) is 117 cm³/mol. The van der Waals surface area contributed by atoms with Gasteiger partial charge in [0.2, 0.25) is 17.7 Å². The number of nitrogens with two attached hydrogens (primary N) is 1. The first-order valence-electron chi connectivity index (χ1n) is 10.5. The summed E-state index contributed by atoms with van der Waals surface area (Å²) in [6, 6.07) is 11.4. The summed E-state index contributed by atoms with van der Waals surface area (Å²) in [4.78, 5) is 25.6. The lowest BCUT2D eigenvalue weighted by Gasteiger charge is -2.13. The first-order valence-corrected chi connectivity index (χ1v) is 10.5. The predicted octanol–water partition coefficient (Wildman–Crippen LogP) is 1.99. The molecule has 5 rings (SSSR count). The molecule has 2 unspecified atom stereocenters. The number of carbonyl (C=O) groups excluding carboxylic acids is 1. The van der Waals surface area contributed by atoms with E-state index in [2.05, 4.69) is 20.6 Å². The second-order valence-corrected chi connectivity index (χ2v) is 7.81. The van der Waals surface area contributed by atoms with Crippen molar-refractivity contribution < 1.29 is 14.3 Å². The van der Waals surface area contributed by atoms with Crippen LogP contribution in [-0.2, 0) is 9.53 Å². The smallest absolute Gasteiger partial charge is 0.245 e. The van der Waals surface area contributed by atoms with E-state index in [-0.39, 0.29) is 23.9 Å². The van der Waals surface area contributed by atoms with Crippen molar-refractivity contribution in [3.8, 4) is 17.1 Å². The molecule has 3 aromatic rings. The average Bonchev–Trinajstić information content (AvgIpc) is 3.48. The van der Waals surface area contributed by atoms with E-state index in [1.54, 1.807) is 0 Å². The Morgan fingerprint density at radius 1 is 1.13 bits per heavy atom. The van der Waals surface area contributed by atoms with E-state index in [0.29, 0.717) is 30.1 Å². The Labute approximate surface area is 179 Å². The lowest BCUT2D eigenvalue weighted by Crippen LogP contribution is -2.24. The normalized spacial score (nSPS) is 20.8. The van der Waals surface area contributed by atoms with E-state index in [4.69, 9.17) is 20.2 Å². The number of ether oxygens (including phenoxy) is 2. The fourth-order valence-electron chi connectivity index (χ4n) is 3.86. The number of carbonyl (C=O) groups is 1. The molecule has 1 amide bonds. The molecule has 9 nitrogen and oxygen atoms in total.